The average Bonchev–Trinajstić information content (AvgIpc) is 3.28. The number of aromatic nitrogens is 3. The number of hydrogen-bond acceptors (Lipinski definition) is 6. The first-order chi connectivity index (χ1) is 13.6. The lowest BCUT2D eigenvalue weighted by molar-refractivity contribution is 0.0335. The zero-order valence-electron chi connectivity index (χ0n) is 15.9. The molecule has 1 aliphatic carbocycles. The lowest BCUT2D eigenvalue weighted by Gasteiger charge is -2.15. The smallest absolute Gasteiger partial charge is 0.341 e. The number of ether oxygens (including phenoxy) is 1. The number of aryl methyl sites for hydroxylation is 1. The zero-order chi connectivity index (χ0) is 19.7. The van der Waals surface area contributed by atoms with Crippen molar-refractivity contribution in [2.75, 3.05) is 5.32 Å². The number of esters is 1. The molecule has 0 spiro atoms. The molecular formula is C20H22N4O3S. The van der Waals surface area contributed by atoms with E-state index in [2.05, 4.69) is 15.4 Å². The van der Waals surface area contributed by atoms with Gasteiger partial charge < -0.3 is 10.1 Å². The summed E-state index contributed by atoms with van der Waals surface area (Å²) >= 11 is 1.47. The molecule has 0 aliphatic heterocycles. The predicted molar refractivity (Wildman–Crippen MR) is 107 cm³/mol. The number of fused-ring (bicyclic) bond motifs is 2. The van der Waals surface area contributed by atoms with Crippen molar-refractivity contribution in [3.8, 4) is 0 Å². The molecule has 1 unspecified atom stereocenters. The Hall–Kier alpha value is -2.74. The second-order valence-electron chi connectivity index (χ2n) is 6.95. The summed E-state index contributed by atoms with van der Waals surface area (Å²) in [6.45, 7) is 3.85. The van der Waals surface area contributed by atoms with Crippen LogP contribution in [0, 0.1) is 0 Å². The van der Waals surface area contributed by atoms with Gasteiger partial charge >= 0.3 is 5.97 Å². The third kappa shape index (κ3) is 3.52. The first-order valence-corrected chi connectivity index (χ1v) is 10.4. The van der Waals surface area contributed by atoms with Gasteiger partial charge in [0.25, 0.3) is 5.91 Å². The van der Waals surface area contributed by atoms with E-state index in [9.17, 15) is 9.59 Å². The van der Waals surface area contributed by atoms with Gasteiger partial charge in [0, 0.05) is 23.3 Å². The summed E-state index contributed by atoms with van der Waals surface area (Å²) in [4.78, 5) is 31.0. The maximum Gasteiger partial charge on any atom is 0.341 e. The molecule has 0 bridgehead atoms. The SMILES string of the molecule is CCC(C)OC(=O)c1c(NC(=O)c2cc3ncccn3n2)sc2c1CCCC2. The lowest BCUT2D eigenvalue weighted by atomic mass is 9.95. The molecule has 1 atom stereocenters. The third-order valence-electron chi connectivity index (χ3n) is 4.95. The van der Waals surface area contributed by atoms with Crippen LogP contribution >= 0.6 is 11.3 Å². The number of carbonyl (C=O) groups excluding carboxylic acids is 2. The average molecular weight is 398 g/mol. The summed E-state index contributed by atoms with van der Waals surface area (Å²) in [6.07, 6.45) is 7.86. The topological polar surface area (TPSA) is 85.6 Å². The van der Waals surface area contributed by atoms with Crippen molar-refractivity contribution in [2.45, 2.75) is 52.1 Å². The summed E-state index contributed by atoms with van der Waals surface area (Å²) in [5.41, 5.74) is 2.38. The molecular weight excluding hydrogens is 376 g/mol. The van der Waals surface area contributed by atoms with E-state index in [1.807, 2.05) is 13.8 Å². The van der Waals surface area contributed by atoms with E-state index in [-0.39, 0.29) is 23.7 Å². The summed E-state index contributed by atoms with van der Waals surface area (Å²) in [5, 5.41) is 7.70. The fourth-order valence-electron chi connectivity index (χ4n) is 3.30. The Morgan fingerprint density at radius 3 is 2.96 bits per heavy atom. The molecule has 28 heavy (non-hydrogen) atoms. The van der Waals surface area contributed by atoms with Crippen LogP contribution in [0.4, 0.5) is 5.00 Å². The van der Waals surface area contributed by atoms with Gasteiger partial charge in [-0.05, 0) is 50.7 Å². The van der Waals surface area contributed by atoms with Gasteiger partial charge in [0.05, 0.1) is 11.7 Å². The first kappa shape index (κ1) is 18.6. The van der Waals surface area contributed by atoms with Crippen LogP contribution < -0.4 is 5.32 Å². The lowest BCUT2D eigenvalue weighted by Crippen LogP contribution is -2.19. The van der Waals surface area contributed by atoms with Crippen molar-refractivity contribution in [3.05, 3.63) is 46.2 Å². The number of thiophene rings is 1. The fraction of sp³-hybridized carbons (Fsp3) is 0.400. The van der Waals surface area contributed by atoms with Gasteiger partial charge in [-0.3, -0.25) is 4.79 Å². The largest absolute Gasteiger partial charge is 0.459 e. The Balaban J connectivity index is 1.65. The minimum absolute atomic E-state index is 0.167. The maximum absolute atomic E-state index is 12.8. The first-order valence-electron chi connectivity index (χ1n) is 9.54. The summed E-state index contributed by atoms with van der Waals surface area (Å²) in [5.74, 6) is -0.720. The van der Waals surface area contributed by atoms with Crippen LogP contribution in [-0.2, 0) is 17.6 Å². The molecule has 7 nitrogen and oxygen atoms in total. The molecule has 0 fully saturated rings. The minimum atomic E-state index is -0.360. The van der Waals surface area contributed by atoms with E-state index in [0.29, 0.717) is 16.2 Å². The van der Waals surface area contributed by atoms with Gasteiger partial charge in [-0.15, -0.1) is 11.3 Å². The fourth-order valence-corrected chi connectivity index (χ4v) is 4.58. The molecule has 4 rings (SSSR count). The third-order valence-corrected chi connectivity index (χ3v) is 6.16. The summed E-state index contributed by atoms with van der Waals surface area (Å²) < 4.78 is 7.12. The quantitative estimate of drug-likeness (QED) is 0.659. The standard InChI is InChI=1S/C20H22N4O3S/c1-3-12(2)27-20(26)17-13-7-4-5-8-15(13)28-19(17)22-18(25)14-11-16-21-9-6-10-24(16)23-14/h6,9-12H,3-5,7-8H2,1-2H3,(H,22,25). The summed E-state index contributed by atoms with van der Waals surface area (Å²) in [6, 6.07) is 3.37. The highest BCUT2D eigenvalue weighted by Gasteiger charge is 2.28. The highest BCUT2D eigenvalue weighted by Crippen LogP contribution is 2.39. The van der Waals surface area contributed by atoms with Gasteiger partial charge in [-0.1, -0.05) is 6.92 Å². The number of carbonyl (C=O) groups is 2. The van der Waals surface area contributed by atoms with Crippen LogP contribution in [0.5, 0.6) is 0 Å². The van der Waals surface area contributed by atoms with Crippen molar-refractivity contribution in [2.24, 2.45) is 0 Å². The Bertz CT molecular complexity index is 1010. The predicted octanol–water partition coefficient (Wildman–Crippen LogP) is 3.88. The highest BCUT2D eigenvalue weighted by atomic mass is 32.1. The second-order valence-corrected chi connectivity index (χ2v) is 8.05. The number of amides is 1. The van der Waals surface area contributed by atoms with E-state index in [0.717, 1.165) is 42.5 Å². The Morgan fingerprint density at radius 2 is 2.18 bits per heavy atom. The molecule has 1 amide bonds. The van der Waals surface area contributed by atoms with E-state index >= 15 is 0 Å². The van der Waals surface area contributed by atoms with Crippen molar-refractivity contribution in [1.29, 1.82) is 0 Å². The number of hydrogen-bond donors (Lipinski definition) is 1. The van der Waals surface area contributed by atoms with Crippen LogP contribution in [0.1, 0.15) is 64.4 Å². The van der Waals surface area contributed by atoms with Gasteiger partial charge in [0.1, 0.15) is 5.00 Å². The van der Waals surface area contributed by atoms with Crippen LogP contribution in [-0.4, -0.2) is 32.6 Å². The van der Waals surface area contributed by atoms with Crippen molar-refractivity contribution >= 4 is 33.9 Å². The molecule has 0 saturated heterocycles. The molecule has 8 heteroatoms. The van der Waals surface area contributed by atoms with Gasteiger partial charge in [-0.2, -0.15) is 5.10 Å². The van der Waals surface area contributed by atoms with E-state index < -0.39 is 0 Å². The monoisotopic (exact) mass is 398 g/mol. The number of nitrogens with one attached hydrogen (secondary N) is 1. The molecule has 3 heterocycles. The van der Waals surface area contributed by atoms with Crippen molar-refractivity contribution in [3.63, 3.8) is 0 Å². The molecule has 0 saturated carbocycles. The van der Waals surface area contributed by atoms with E-state index in [4.69, 9.17) is 4.74 Å². The van der Waals surface area contributed by atoms with Crippen molar-refractivity contribution in [1.82, 2.24) is 14.6 Å². The van der Waals surface area contributed by atoms with E-state index in [1.165, 1.54) is 11.3 Å². The van der Waals surface area contributed by atoms with Crippen LogP contribution in [0.15, 0.2) is 24.5 Å². The second kappa shape index (κ2) is 7.71. The Labute approximate surface area is 166 Å². The molecule has 146 valence electrons. The summed E-state index contributed by atoms with van der Waals surface area (Å²) in [7, 11) is 0. The van der Waals surface area contributed by atoms with Crippen molar-refractivity contribution < 1.29 is 14.3 Å². The molecule has 0 aromatic carbocycles. The van der Waals surface area contributed by atoms with E-state index in [1.54, 1.807) is 29.0 Å². The number of rotatable bonds is 5. The Morgan fingerprint density at radius 1 is 1.36 bits per heavy atom. The van der Waals surface area contributed by atoms with Gasteiger partial charge in [-0.25, -0.2) is 14.3 Å². The minimum Gasteiger partial charge on any atom is -0.459 e. The molecule has 0 radical (unpaired) electrons. The normalized spacial score (nSPS) is 14.5. The Kier molecular flexibility index (Phi) is 5.13. The number of nitrogens with zero attached hydrogens (tertiary/aromatic N) is 3. The van der Waals surface area contributed by atoms with Crippen LogP contribution in [0.2, 0.25) is 0 Å². The van der Waals surface area contributed by atoms with Crippen LogP contribution in [0.3, 0.4) is 0 Å². The number of anilines is 1. The zero-order valence-corrected chi connectivity index (χ0v) is 16.7. The maximum atomic E-state index is 12.8. The molecule has 3 aromatic rings. The van der Waals surface area contributed by atoms with Gasteiger partial charge in [0.15, 0.2) is 11.3 Å². The molecule has 1 N–H and O–H groups in total. The molecule has 3 aromatic heterocycles. The van der Waals surface area contributed by atoms with Gasteiger partial charge in [0.2, 0.25) is 0 Å². The highest BCUT2D eigenvalue weighted by molar-refractivity contribution is 7.17. The molecule has 1 aliphatic rings. The van der Waals surface area contributed by atoms with Crippen LogP contribution in [0.25, 0.3) is 5.65 Å².